The van der Waals surface area contributed by atoms with Crippen LogP contribution in [0.15, 0.2) is 11.1 Å². The van der Waals surface area contributed by atoms with Gasteiger partial charge in [0.05, 0.1) is 17.9 Å². The van der Waals surface area contributed by atoms with Crippen molar-refractivity contribution < 1.29 is 29.3 Å². The summed E-state index contributed by atoms with van der Waals surface area (Å²) in [4.78, 5) is 38.8. The number of nitrogens with one attached hydrogen (secondary N) is 1. The molecule has 0 aromatic rings. The van der Waals surface area contributed by atoms with Crippen LogP contribution in [0, 0.1) is 56.2 Å². The van der Waals surface area contributed by atoms with Crippen molar-refractivity contribution in [1.29, 1.82) is 0 Å². The molecule has 0 aliphatic heterocycles. The van der Waals surface area contributed by atoms with Crippen LogP contribution in [0.3, 0.4) is 0 Å². The Morgan fingerprint density at radius 3 is 2.20 bits per heavy atom. The van der Waals surface area contributed by atoms with Crippen LogP contribution in [0.25, 0.3) is 0 Å². The smallest absolute Gasteiger partial charge is 0.309 e. The topological polar surface area (TPSA) is 113 Å². The number of ketones is 1. The van der Waals surface area contributed by atoms with Crippen LogP contribution in [0.4, 0.5) is 0 Å². The van der Waals surface area contributed by atoms with Crippen molar-refractivity contribution in [2.75, 3.05) is 6.54 Å². The summed E-state index contributed by atoms with van der Waals surface area (Å²) in [5.41, 5.74) is 0.755. The molecule has 50 heavy (non-hydrogen) atoms. The number of carbonyl (C=O) groups excluding carboxylic acids is 2. The molecule has 5 fully saturated rings. The van der Waals surface area contributed by atoms with E-state index in [0.717, 1.165) is 56.9 Å². The number of carboxylic acid groups (broad SMARTS) is 1. The molecule has 0 spiro atoms. The number of hydrogen-bond donors (Lipinski definition) is 3. The summed E-state index contributed by atoms with van der Waals surface area (Å²) >= 11 is 0. The highest BCUT2D eigenvalue weighted by Gasteiger charge is 2.70. The van der Waals surface area contributed by atoms with Gasteiger partial charge in [-0.2, -0.15) is 0 Å². The number of carboxylic acids is 1. The molecule has 0 unspecified atom stereocenters. The minimum Gasteiger partial charge on any atom is -0.481 e. The van der Waals surface area contributed by atoms with Crippen molar-refractivity contribution in [3.63, 3.8) is 0 Å². The van der Waals surface area contributed by atoms with Gasteiger partial charge in [-0.15, -0.1) is 0 Å². The lowest BCUT2D eigenvalue weighted by Gasteiger charge is -2.72. The fraction of sp³-hybridized carbons (Fsp3) is 0.884. The van der Waals surface area contributed by atoms with Crippen molar-refractivity contribution in [2.45, 2.75) is 177 Å². The van der Waals surface area contributed by atoms with Crippen LogP contribution in [0.2, 0.25) is 0 Å². The number of aliphatic hydroxyl groups excluding tert-OH is 1. The number of hydrogen-bond acceptors (Lipinski definition) is 6. The summed E-state index contributed by atoms with van der Waals surface area (Å²) in [6.07, 6.45) is 13.8. The lowest BCUT2D eigenvalue weighted by Crippen LogP contribution is -2.66. The third-order valence-electron chi connectivity index (χ3n) is 16.7. The standard InChI is InChI=1S/C43H69NO6/c1-26(2)35-29(45)23-43(32(46)25-44-27-13-11-10-12-14-27)22-21-41(8)28(36(35)43)15-16-31-40(7)19-18-33(50-34(47)24-38(3,4)37(48)49)39(5,6)30(40)17-20-42(31,41)9/h26-28,30-33,44,46H,10-25H2,1-9H3,(H,48,49)/t28-,30+,31-,32-,33+,40+,41-,42-,43+/m1/s1. The Hall–Kier alpha value is -1.73. The van der Waals surface area contributed by atoms with Gasteiger partial charge in [0.1, 0.15) is 6.10 Å². The molecule has 0 amide bonds. The number of aliphatic hydroxyl groups is 1. The first-order valence-electron chi connectivity index (χ1n) is 20.4. The lowest BCUT2D eigenvalue weighted by atomic mass is 9.33. The van der Waals surface area contributed by atoms with Gasteiger partial charge < -0.3 is 20.3 Å². The van der Waals surface area contributed by atoms with Crippen LogP contribution in [-0.2, 0) is 19.1 Å². The molecule has 0 bridgehead atoms. The molecule has 7 nitrogen and oxygen atoms in total. The maximum atomic E-state index is 14.0. The Morgan fingerprint density at radius 2 is 1.56 bits per heavy atom. The molecule has 282 valence electrons. The highest BCUT2D eigenvalue weighted by molar-refractivity contribution is 6.00. The van der Waals surface area contributed by atoms with Gasteiger partial charge in [0.15, 0.2) is 5.78 Å². The molecule has 6 rings (SSSR count). The molecule has 6 aliphatic carbocycles. The average molecular weight is 696 g/mol. The van der Waals surface area contributed by atoms with Gasteiger partial charge in [-0.1, -0.05) is 73.3 Å². The van der Waals surface area contributed by atoms with Crippen molar-refractivity contribution in [2.24, 2.45) is 56.2 Å². The van der Waals surface area contributed by atoms with E-state index in [4.69, 9.17) is 4.74 Å². The molecule has 0 saturated heterocycles. The summed E-state index contributed by atoms with van der Waals surface area (Å²) in [6.45, 7) is 20.4. The predicted molar refractivity (Wildman–Crippen MR) is 196 cm³/mol. The van der Waals surface area contributed by atoms with E-state index in [1.165, 1.54) is 37.7 Å². The maximum absolute atomic E-state index is 14.0. The molecule has 9 atom stereocenters. The maximum Gasteiger partial charge on any atom is 0.309 e. The molecule has 0 aromatic heterocycles. The largest absolute Gasteiger partial charge is 0.481 e. The lowest BCUT2D eigenvalue weighted by molar-refractivity contribution is -0.235. The zero-order valence-electron chi connectivity index (χ0n) is 32.9. The number of aliphatic carboxylic acids is 1. The van der Waals surface area contributed by atoms with E-state index in [9.17, 15) is 24.6 Å². The van der Waals surface area contributed by atoms with Gasteiger partial charge in [0, 0.05) is 29.8 Å². The Balaban J connectivity index is 1.27. The predicted octanol–water partition coefficient (Wildman–Crippen LogP) is 8.66. The number of esters is 1. The zero-order valence-corrected chi connectivity index (χ0v) is 32.9. The van der Waals surface area contributed by atoms with Crippen molar-refractivity contribution in [1.82, 2.24) is 5.32 Å². The fourth-order valence-corrected chi connectivity index (χ4v) is 13.7. The van der Waals surface area contributed by atoms with Crippen LogP contribution < -0.4 is 5.32 Å². The fourth-order valence-electron chi connectivity index (χ4n) is 13.7. The van der Waals surface area contributed by atoms with Crippen molar-refractivity contribution in [3.8, 4) is 0 Å². The molecular weight excluding hydrogens is 626 g/mol. The van der Waals surface area contributed by atoms with E-state index in [1.54, 1.807) is 13.8 Å². The average Bonchev–Trinajstić information content (AvgIpc) is 3.35. The Kier molecular flexibility index (Phi) is 9.87. The first-order valence-corrected chi connectivity index (χ1v) is 20.4. The number of carbonyl (C=O) groups is 3. The molecule has 0 heterocycles. The second-order valence-electron chi connectivity index (χ2n) is 20.3. The Labute approximate surface area is 302 Å². The van der Waals surface area contributed by atoms with E-state index in [0.29, 0.717) is 36.8 Å². The zero-order chi connectivity index (χ0) is 36.7. The van der Waals surface area contributed by atoms with Gasteiger partial charge in [-0.25, -0.2) is 0 Å². The van der Waals surface area contributed by atoms with E-state index in [-0.39, 0.29) is 45.9 Å². The van der Waals surface area contributed by atoms with Gasteiger partial charge in [0.2, 0.25) is 0 Å². The van der Waals surface area contributed by atoms with Gasteiger partial charge >= 0.3 is 11.9 Å². The van der Waals surface area contributed by atoms with E-state index < -0.39 is 28.9 Å². The van der Waals surface area contributed by atoms with Crippen molar-refractivity contribution in [3.05, 3.63) is 11.1 Å². The summed E-state index contributed by atoms with van der Waals surface area (Å²) in [5, 5.41) is 25.5. The summed E-state index contributed by atoms with van der Waals surface area (Å²) in [5.74, 6) is 0.246. The molecule has 0 radical (unpaired) electrons. The highest BCUT2D eigenvalue weighted by atomic mass is 16.5. The van der Waals surface area contributed by atoms with Crippen LogP contribution in [0.1, 0.15) is 159 Å². The molecule has 5 saturated carbocycles. The summed E-state index contributed by atoms with van der Waals surface area (Å²) in [6, 6.07) is 0.475. The van der Waals surface area contributed by atoms with E-state index in [2.05, 4.69) is 53.8 Å². The highest BCUT2D eigenvalue weighted by Crippen LogP contribution is 2.77. The van der Waals surface area contributed by atoms with Gasteiger partial charge in [0.25, 0.3) is 0 Å². The number of Topliss-reactive ketones (excluding diaryl/α,β-unsaturated/α-hetero) is 1. The third kappa shape index (κ3) is 5.76. The molecule has 3 N–H and O–H groups in total. The molecular formula is C43H69NO6. The molecule has 6 aliphatic rings. The SMILES string of the molecule is CC(C)C1=C2[C@H]3CC[C@@H]4[C@@]5(C)CC[C@H](OC(=O)CC(C)(C)C(=O)O)C(C)(C)[C@@H]5CC[C@@]4(C)[C@]3(C)CC[C@@]2([C@H](O)CNC2CCCCC2)CC1=O. The first-order chi connectivity index (χ1) is 23.2. The summed E-state index contributed by atoms with van der Waals surface area (Å²) in [7, 11) is 0. The Bertz CT molecular complexity index is 1390. The van der Waals surface area contributed by atoms with E-state index >= 15 is 0 Å². The van der Waals surface area contributed by atoms with Crippen LogP contribution in [0.5, 0.6) is 0 Å². The van der Waals surface area contributed by atoms with Gasteiger partial charge in [-0.05, 0) is 124 Å². The van der Waals surface area contributed by atoms with Gasteiger partial charge in [-0.3, -0.25) is 14.4 Å². The number of ether oxygens (including phenoxy) is 1. The second-order valence-corrected chi connectivity index (χ2v) is 20.3. The second kappa shape index (κ2) is 13.0. The van der Waals surface area contributed by atoms with Crippen LogP contribution >= 0.6 is 0 Å². The number of fused-ring (bicyclic) bond motifs is 7. The normalized spacial score (nSPS) is 40.8. The minimum atomic E-state index is -1.15. The quantitative estimate of drug-likeness (QED) is 0.207. The summed E-state index contributed by atoms with van der Waals surface area (Å²) < 4.78 is 6.17. The van der Waals surface area contributed by atoms with E-state index in [1.807, 2.05) is 0 Å². The monoisotopic (exact) mass is 696 g/mol. The third-order valence-corrected chi connectivity index (χ3v) is 16.7. The molecule has 7 heteroatoms. The number of rotatable bonds is 9. The van der Waals surface area contributed by atoms with Crippen molar-refractivity contribution >= 4 is 17.7 Å². The minimum absolute atomic E-state index is 0.0277. The van der Waals surface area contributed by atoms with Crippen LogP contribution in [-0.4, -0.2) is 52.7 Å². The number of allylic oxidation sites excluding steroid dienone is 1. The first kappa shape index (κ1) is 38.0. The molecule has 0 aromatic carbocycles. The Morgan fingerprint density at radius 1 is 0.880 bits per heavy atom.